The molecule has 0 aliphatic rings. The number of aromatic amines is 1. The summed E-state index contributed by atoms with van der Waals surface area (Å²) in [5.74, 6) is 0.920. The van der Waals surface area contributed by atoms with Crippen LogP contribution < -0.4 is 10.1 Å². The van der Waals surface area contributed by atoms with Gasteiger partial charge in [-0.25, -0.2) is 4.98 Å². The molecule has 106 valence electrons. The van der Waals surface area contributed by atoms with Gasteiger partial charge in [0.2, 0.25) is 0 Å². The number of halogens is 2. The number of benzene rings is 1. The van der Waals surface area contributed by atoms with E-state index in [4.69, 9.17) is 16.3 Å². The Balaban J connectivity index is 1.86. The average Bonchev–Trinajstić information content (AvgIpc) is 2.91. The van der Waals surface area contributed by atoms with E-state index >= 15 is 0 Å². The third-order valence-electron chi connectivity index (χ3n) is 2.56. The maximum Gasteiger partial charge on any atom is 0.258 e. The quantitative estimate of drug-likeness (QED) is 0.863. The molecule has 1 amide bonds. The Labute approximate surface area is 129 Å². The van der Waals surface area contributed by atoms with E-state index in [0.29, 0.717) is 16.6 Å². The lowest BCUT2D eigenvalue weighted by atomic mass is 10.3. The molecule has 1 aromatic heterocycles. The van der Waals surface area contributed by atoms with Crippen molar-refractivity contribution in [1.82, 2.24) is 15.3 Å². The fourth-order valence-electron chi connectivity index (χ4n) is 1.60. The van der Waals surface area contributed by atoms with Gasteiger partial charge in [-0.05, 0) is 25.1 Å². The van der Waals surface area contributed by atoms with Crippen LogP contribution in [-0.4, -0.2) is 22.5 Å². The summed E-state index contributed by atoms with van der Waals surface area (Å²) in [5, 5.41) is 3.22. The van der Waals surface area contributed by atoms with Crippen molar-refractivity contribution < 1.29 is 9.53 Å². The zero-order valence-corrected chi connectivity index (χ0v) is 13.0. The lowest BCUT2D eigenvalue weighted by Crippen LogP contribution is -2.31. The SMILES string of the molecule is CC(NC(=O)COc1ccc(Br)cc1Cl)c1ncc[nH]1. The Morgan fingerprint density at radius 3 is 3.05 bits per heavy atom. The summed E-state index contributed by atoms with van der Waals surface area (Å²) in [6.07, 6.45) is 3.34. The van der Waals surface area contributed by atoms with Crippen LogP contribution in [0.1, 0.15) is 18.8 Å². The van der Waals surface area contributed by atoms with Crippen LogP contribution in [0.25, 0.3) is 0 Å². The molecule has 1 atom stereocenters. The molecule has 2 aromatic rings. The Hall–Kier alpha value is -1.53. The maximum atomic E-state index is 11.8. The standard InChI is InChI=1S/C13H13BrClN3O2/c1-8(13-16-4-5-17-13)18-12(19)7-20-11-3-2-9(14)6-10(11)15/h2-6,8H,7H2,1H3,(H,16,17)(H,18,19). The Morgan fingerprint density at radius 2 is 2.40 bits per heavy atom. The lowest BCUT2D eigenvalue weighted by Gasteiger charge is -2.12. The first kappa shape index (κ1) is 14.9. The Kier molecular flexibility index (Phi) is 5.03. The van der Waals surface area contributed by atoms with Crippen LogP contribution in [0.3, 0.4) is 0 Å². The van der Waals surface area contributed by atoms with Crippen molar-refractivity contribution in [3.05, 3.63) is 45.9 Å². The largest absolute Gasteiger partial charge is 0.482 e. The van der Waals surface area contributed by atoms with Crippen LogP contribution in [0, 0.1) is 0 Å². The smallest absolute Gasteiger partial charge is 0.258 e. The molecule has 0 aliphatic heterocycles. The van der Waals surface area contributed by atoms with E-state index in [2.05, 4.69) is 31.2 Å². The van der Waals surface area contributed by atoms with Gasteiger partial charge >= 0.3 is 0 Å². The Bertz CT molecular complexity index is 589. The van der Waals surface area contributed by atoms with E-state index in [1.807, 2.05) is 6.92 Å². The van der Waals surface area contributed by atoms with E-state index < -0.39 is 0 Å². The number of nitrogens with zero attached hydrogens (tertiary/aromatic N) is 1. The third kappa shape index (κ3) is 3.98. The zero-order valence-electron chi connectivity index (χ0n) is 10.7. The first-order valence-corrected chi connectivity index (χ1v) is 7.10. The minimum atomic E-state index is -0.243. The molecule has 0 saturated carbocycles. The molecule has 1 aromatic carbocycles. The number of rotatable bonds is 5. The van der Waals surface area contributed by atoms with Gasteiger partial charge in [0, 0.05) is 16.9 Å². The number of imidazole rings is 1. The van der Waals surface area contributed by atoms with Crippen LogP contribution in [0.2, 0.25) is 5.02 Å². The second-order valence-electron chi connectivity index (χ2n) is 4.13. The lowest BCUT2D eigenvalue weighted by molar-refractivity contribution is -0.123. The molecule has 7 heteroatoms. The predicted molar refractivity (Wildman–Crippen MR) is 79.8 cm³/mol. The number of carbonyl (C=O) groups is 1. The Morgan fingerprint density at radius 1 is 1.60 bits per heavy atom. The highest BCUT2D eigenvalue weighted by molar-refractivity contribution is 9.10. The molecule has 5 nitrogen and oxygen atoms in total. The number of aromatic nitrogens is 2. The summed E-state index contributed by atoms with van der Waals surface area (Å²) < 4.78 is 6.23. The number of carbonyl (C=O) groups excluding carboxylic acids is 1. The van der Waals surface area contributed by atoms with Crippen molar-refractivity contribution in [2.75, 3.05) is 6.61 Å². The first-order valence-electron chi connectivity index (χ1n) is 5.92. The summed E-state index contributed by atoms with van der Waals surface area (Å²) in [6, 6.07) is 5.00. The third-order valence-corrected chi connectivity index (χ3v) is 3.35. The number of amides is 1. The molecular formula is C13H13BrClN3O2. The molecule has 0 fully saturated rings. The van der Waals surface area contributed by atoms with Gasteiger partial charge in [-0.1, -0.05) is 27.5 Å². The van der Waals surface area contributed by atoms with Crippen molar-refractivity contribution in [2.24, 2.45) is 0 Å². The number of nitrogens with one attached hydrogen (secondary N) is 2. The van der Waals surface area contributed by atoms with E-state index in [1.54, 1.807) is 30.6 Å². The van der Waals surface area contributed by atoms with E-state index in [9.17, 15) is 4.79 Å². The van der Waals surface area contributed by atoms with Crippen LogP contribution in [0.15, 0.2) is 35.1 Å². The molecule has 0 saturated heterocycles. The summed E-state index contributed by atoms with van der Waals surface area (Å²) in [7, 11) is 0. The van der Waals surface area contributed by atoms with Gasteiger partial charge in [0.25, 0.3) is 5.91 Å². The minimum absolute atomic E-state index is 0.105. The second kappa shape index (κ2) is 6.76. The number of H-pyrrole nitrogens is 1. The zero-order chi connectivity index (χ0) is 14.5. The normalized spacial score (nSPS) is 11.9. The van der Waals surface area contributed by atoms with Crippen molar-refractivity contribution in [1.29, 1.82) is 0 Å². The summed E-state index contributed by atoms with van der Waals surface area (Å²) in [5.41, 5.74) is 0. The highest BCUT2D eigenvalue weighted by Gasteiger charge is 2.12. The summed E-state index contributed by atoms with van der Waals surface area (Å²) in [6.45, 7) is 1.73. The van der Waals surface area contributed by atoms with Crippen LogP contribution >= 0.6 is 27.5 Å². The fraction of sp³-hybridized carbons (Fsp3) is 0.231. The molecule has 2 rings (SSSR count). The molecule has 2 N–H and O–H groups in total. The molecule has 1 heterocycles. The average molecular weight is 359 g/mol. The summed E-state index contributed by atoms with van der Waals surface area (Å²) in [4.78, 5) is 18.8. The fourth-order valence-corrected chi connectivity index (χ4v) is 2.33. The van der Waals surface area contributed by atoms with Crippen LogP contribution in [0.4, 0.5) is 0 Å². The number of ether oxygens (including phenoxy) is 1. The van der Waals surface area contributed by atoms with E-state index in [-0.39, 0.29) is 18.6 Å². The van der Waals surface area contributed by atoms with Crippen LogP contribution in [-0.2, 0) is 4.79 Å². The van der Waals surface area contributed by atoms with Gasteiger partial charge in [0.15, 0.2) is 6.61 Å². The summed E-state index contributed by atoms with van der Waals surface area (Å²) >= 11 is 9.30. The van der Waals surface area contributed by atoms with Crippen molar-refractivity contribution in [2.45, 2.75) is 13.0 Å². The highest BCUT2D eigenvalue weighted by atomic mass is 79.9. The molecule has 0 radical (unpaired) electrons. The molecule has 1 unspecified atom stereocenters. The minimum Gasteiger partial charge on any atom is -0.482 e. The maximum absolute atomic E-state index is 11.8. The van der Waals surface area contributed by atoms with Crippen molar-refractivity contribution >= 4 is 33.4 Å². The molecule has 0 aliphatic carbocycles. The van der Waals surface area contributed by atoms with Gasteiger partial charge in [-0.3, -0.25) is 4.79 Å². The molecule has 0 spiro atoms. The monoisotopic (exact) mass is 357 g/mol. The second-order valence-corrected chi connectivity index (χ2v) is 5.45. The molecule has 20 heavy (non-hydrogen) atoms. The van der Waals surface area contributed by atoms with Gasteiger partial charge in [0.05, 0.1) is 11.1 Å². The van der Waals surface area contributed by atoms with E-state index in [0.717, 1.165) is 4.47 Å². The van der Waals surface area contributed by atoms with Gasteiger partial charge < -0.3 is 15.0 Å². The predicted octanol–water partition coefficient (Wildman–Crippen LogP) is 3.08. The van der Waals surface area contributed by atoms with Crippen molar-refractivity contribution in [3.63, 3.8) is 0 Å². The van der Waals surface area contributed by atoms with Gasteiger partial charge in [-0.15, -0.1) is 0 Å². The molecule has 0 bridgehead atoms. The van der Waals surface area contributed by atoms with E-state index in [1.165, 1.54) is 0 Å². The van der Waals surface area contributed by atoms with Gasteiger partial charge in [0.1, 0.15) is 11.6 Å². The molecular weight excluding hydrogens is 346 g/mol. The van der Waals surface area contributed by atoms with Crippen molar-refractivity contribution in [3.8, 4) is 5.75 Å². The first-order chi connectivity index (χ1) is 9.56. The van der Waals surface area contributed by atoms with Crippen LogP contribution in [0.5, 0.6) is 5.75 Å². The topological polar surface area (TPSA) is 67.0 Å². The number of hydrogen-bond acceptors (Lipinski definition) is 3. The number of hydrogen-bond donors (Lipinski definition) is 2. The highest BCUT2D eigenvalue weighted by Crippen LogP contribution is 2.27. The van der Waals surface area contributed by atoms with Gasteiger partial charge in [-0.2, -0.15) is 0 Å².